The molecule has 0 aliphatic carbocycles. The highest BCUT2D eigenvalue weighted by Crippen LogP contribution is 2.26. The highest BCUT2D eigenvalue weighted by Gasteiger charge is 2.34. The first-order valence-electron chi connectivity index (χ1n) is 8.68. The van der Waals surface area contributed by atoms with Crippen LogP contribution in [0.25, 0.3) is 0 Å². The summed E-state index contributed by atoms with van der Waals surface area (Å²) >= 11 is 0. The van der Waals surface area contributed by atoms with Gasteiger partial charge in [0.25, 0.3) is 5.91 Å². The molecule has 1 heterocycles. The van der Waals surface area contributed by atoms with Crippen molar-refractivity contribution in [3.8, 4) is 0 Å². The van der Waals surface area contributed by atoms with Crippen LogP contribution < -0.4 is 10.6 Å². The van der Waals surface area contributed by atoms with E-state index in [2.05, 4.69) is 10.6 Å². The summed E-state index contributed by atoms with van der Waals surface area (Å²) in [6.45, 7) is 5.44. The normalized spacial score (nSPS) is 14.0. The van der Waals surface area contributed by atoms with Crippen molar-refractivity contribution in [1.29, 1.82) is 0 Å². The Morgan fingerprint density at radius 1 is 1.33 bits per heavy atom. The smallest absolute Gasteiger partial charge is 0.337 e. The van der Waals surface area contributed by atoms with E-state index in [0.29, 0.717) is 11.4 Å². The van der Waals surface area contributed by atoms with Gasteiger partial charge >= 0.3 is 5.97 Å². The molecule has 0 bridgehead atoms. The SMILES string of the molecule is COC(=O)C1=C(Nc2ccc(C)c(NC(=O)C(C)C)c2)C(=O)N(CCO)C1. The van der Waals surface area contributed by atoms with E-state index in [4.69, 9.17) is 9.84 Å². The first kappa shape index (κ1) is 20.4. The number of rotatable bonds is 7. The molecule has 0 radical (unpaired) electrons. The van der Waals surface area contributed by atoms with Crippen molar-refractivity contribution in [2.75, 3.05) is 37.4 Å². The van der Waals surface area contributed by atoms with Gasteiger partial charge in [0.15, 0.2) is 0 Å². The Labute approximate surface area is 158 Å². The molecule has 0 saturated carbocycles. The lowest BCUT2D eigenvalue weighted by molar-refractivity contribution is -0.136. The minimum absolute atomic E-state index is 0.0667. The topological polar surface area (TPSA) is 108 Å². The first-order valence-corrected chi connectivity index (χ1v) is 8.68. The van der Waals surface area contributed by atoms with Crippen LogP contribution >= 0.6 is 0 Å². The predicted molar refractivity (Wildman–Crippen MR) is 101 cm³/mol. The zero-order chi connectivity index (χ0) is 20.1. The zero-order valence-electron chi connectivity index (χ0n) is 16.0. The molecule has 8 nitrogen and oxygen atoms in total. The van der Waals surface area contributed by atoms with Crippen molar-refractivity contribution in [3.05, 3.63) is 35.0 Å². The maximum absolute atomic E-state index is 12.6. The van der Waals surface area contributed by atoms with Crippen molar-refractivity contribution in [3.63, 3.8) is 0 Å². The molecular formula is C19H25N3O5. The summed E-state index contributed by atoms with van der Waals surface area (Å²) in [5.41, 5.74) is 2.35. The van der Waals surface area contributed by atoms with Crippen LogP contribution in [0.4, 0.5) is 11.4 Å². The molecule has 1 aromatic rings. The maximum atomic E-state index is 12.6. The molecule has 3 N–H and O–H groups in total. The van der Waals surface area contributed by atoms with Gasteiger partial charge in [-0.1, -0.05) is 19.9 Å². The van der Waals surface area contributed by atoms with E-state index in [1.807, 2.05) is 13.0 Å². The first-order chi connectivity index (χ1) is 12.8. The molecule has 27 heavy (non-hydrogen) atoms. The summed E-state index contributed by atoms with van der Waals surface area (Å²) in [4.78, 5) is 37.9. The number of carbonyl (C=O) groups is 3. The minimum atomic E-state index is -0.605. The lowest BCUT2D eigenvalue weighted by Gasteiger charge is -2.16. The number of ether oxygens (including phenoxy) is 1. The number of nitrogens with zero attached hydrogens (tertiary/aromatic N) is 1. The number of methoxy groups -OCH3 is 1. The number of β-amino-alcohol motifs (C(OH)–C–C–N with tert-alkyl or cyclic N) is 1. The van der Waals surface area contributed by atoms with Gasteiger partial charge in [-0.05, 0) is 24.6 Å². The second kappa shape index (κ2) is 8.68. The molecule has 0 aromatic heterocycles. The third-order valence-electron chi connectivity index (χ3n) is 4.24. The molecule has 0 atom stereocenters. The predicted octanol–water partition coefficient (Wildman–Crippen LogP) is 1.26. The molecule has 2 amide bonds. The molecular weight excluding hydrogens is 350 g/mol. The number of hydrogen-bond acceptors (Lipinski definition) is 6. The van der Waals surface area contributed by atoms with Crippen LogP contribution in [0.2, 0.25) is 0 Å². The van der Waals surface area contributed by atoms with Gasteiger partial charge in [0.1, 0.15) is 5.70 Å². The third-order valence-corrected chi connectivity index (χ3v) is 4.24. The van der Waals surface area contributed by atoms with Crippen molar-refractivity contribution in [2.45, 2.75) is 20.8 Å². The third kappa shape index (κ3) is 4.65. The largest absolute Gasteiger partial charge is 0.466 e. The van der Waals surface area contributed by atoms with Crippen LogP contribution in [0, 0.1) is 12.8 Å². The fourth-order valence-electron chi connectivity index (χ4n) is 2.60. The molecule has 2 rings (SSSR count). The van der Waals surface area contributed by atoms with Crippen molar-refractivity contribution in [1.82, 2.24) is 4.90 Å². The highest BCUT2D eigenvalue weighted by molar-refractivity contribution is 6.08. The molecule has 1 aromatic carbocycles. The zero-order valence-corrected chi connectivity index (χ0v) is 16.0. The number of aryl methyl sites for hydroxylation is 1. The van der Waals surface area contributed by atoms with Crippen LogP contribution in [0.15, 0.2) is 29.5 Å². The Bertz CT molecular complexity index is 786. The Balaban J connectivity index is 2.31. The molecule has 0 spiro atoms. The number of esters is 1. The molecule has 1 aliphatic heterocycles. The summed E-state index contributed by atoms with van der Waals surface area (Å²) < 4.78 is 4.76. The van der Waals surface area contributed by atoms with Crippen molar-refractivity contribution in [2.24, 2.45) is 5.92 Å². The van der Waals surface area contributed by atoms with Crippen LogP contribution in [0.1, 0.15) is 19.4 Å². The molecule has 0 fully saturated rings. The Morgan fingerprint density at radius 2 is 2.04 bits per heavy atom. The van der Waals surface area contributed by atoms with Gasteiger partial charge in [0.2, 0.25) is 5.91 Å². The molecule has 1 aliphatic rings. The number of nitrogens with one attached hydrogen (secondary N) is 2. The molecule has 8 heteroatoms. The molecule has 0 unspecified atom stereocenters. The van der Waals surface area contributed by atoms with E-state index in [0.717, 1.165) is 5.56 Å². The minimum Gasteiger partial charge on any atom is -0.466 e. The highest BCUT2D eigenvalue weighted by atomic mass is 16.5. The number of aliphatic hydroxyl groups excluding tert-OH is 1. The monoisotopic (exact) mass is 375 g/mol. The number of carbonyl (C=O) groups excluding carboxylic acids is 3. The van der Waals surface area contributed by atoms with Crippen LogP contribution in [0.5, 0.6) is 0 Å². The van der Waals surface area contributed by atoms with Crippen LogP contribution in [-0.2, 0) is 19.1 Å². The van der Waals surface area contributed by atoms with Crippen LogP contribution in [-0.4, -0.2) is 54.6 Å². The van der Waals surface area contributed by atoms with E-state index in [-0.39, 0.29) is 42.8 Å². The van der Waals surface area contributed by atoms with Gasteiger partial charge < -0.3 is 25.4 Å². The lowest BCUT2D eigenvalue weighted by Crippen LogP contribution is -2.31. The van der Waals surface area contributed by atoms with Gasteiger partial charge in [-0.15, -0.1) is 0 Å². The average Bonchev–Trinajstić information content (AvgIpc) is 2.93. The van der Waals surface area contributed by atoms with Crippen molar-refractivity contribution >= 4 is 29.2 Å². The van der Waals surface area contributed by atoms with E-state index in [1.54, 1.807) is 26.0 Å². The van der Waals surface area contributed by atoms with Gasteiger partial charge in [-0.3, -0.25) is 9.59 Å². The molecule has 0 saturated heterocycles. The van der Waals surface area contributed by atoms with Gasteiger partial charge in [0, 0.05) is 23.8 Å². The Morgan fingerprint density at radius 3 is 2.63 bits per heavy atom. The number of benzene rings is 1. The van der Waals surface area contributed by atoms with Crippen molar-refractivity contribution < 1.29 is 24.2 Å². The summed E-state index contributed by atoms with van der Waals surface area (Å²) in [6, 6.07) is 5.27. The lowest BCUT2D eigenvalue weighted by atomic mass is 10.1. The number of anilines is 2. The van der Waals surface area contributed by atoms with E-state index < -0.39 is 11.9 Å². The summed E-state index contributed by atoms with van der Waals surface area (Å²) in [7, 11) is 1.25. The number of aliphatic hydroxyl groups is 1. The number of amides is 2. The molecule has 146 valence electrons. The van der Waals surface area contributed by atoms with Gasteiger partial charge in [-0.2, -0.15) is 0 Å². The van der Waals surface area contributed by atoms with Gasteiger partial charge in [0.05, 0.1) is 25.8 Å². The second-order valence-corrected chi connectivity index (χ2v) is 6.59. The standard InChI is InChI=1S/C19H25N3O5/c1-11(2)17(24)21-15-9-13(6-5-12(15)3)20-16-14(19(26)27-4)10-22(7-8-23)18(16)25/h5-6,9,11,20,23H,7-8,10H2,1-4H3,(H,21,24). The Hall–Kier alpha value is -2.87. The van der Waals surface area contributed by atoms with Gasteiger partial charge in [-0.25, -0.2) is 4.79 Å². The van der Waals surface area contributed by atoms with E-state index >= 15 is 0 Å². The summed E-state index contributed by atoms with van der Waals surface area (Å²) in [5, 5.41) is 14.9. The summed E-state index contributed by atoms with van der Waals surface area (Å²) in [6.07, 6.45) is 0. The fraction of sp³-hybridized carbons (Fsp3) is 0.421. The second-order valence-electron chi connectivity index (χ2n) is 6.59. The summed E-state index contributed by atoms with van der Waals surface area (Å²) in [5.74, 6) is -1.28. The number of hydrogen-bond donors (Lipinski definition) is 3. The van der Waals surface area contributed by atoms with E-state index in [9.17, 15) is 14.4 Å². The fourth-order valence-corrected chi connectivity index (χ4v) is 2.60. The average molecular weight is 375 g/mol. The quantitative estimate of drug-likeness (QED) is 0.620. The maximum Gasteiger partial charge on any atom is 0.337 e. The Kier molecular flexibility index (Phi) is 6.57. The van der Waals surface area contributed by atoms with E-state index in [1.165, 1.54) is 12.0 Å². The van der Waals surface area contributed by atoms with Crippen LogP contribution in [0.3, 0.4) is 0 Å².